The summed E-state index contributed by atoms with van der Waals surface area (Å²) in [5.41, 5.74) is 0.820. The van der Waals surface area contributed by atoms with Crippen LogP contribution in [0.15, 0.2) is 34.7 Å². The molecule has 0 saturated carbocycles. The van der Waals surface area contributed by atoms with Gasteiger partial charge in [-0.3, -0.25) is 4.90 Å². The smallest absolute Gasteiger partial charge is 0.319 e. The van der Waals surface area contributed by atoms with Crippen LogP contribution >= 0.6 is 11.6 Å². The number of benzene rings is 3. The lowest BCUT2D eigenvalue weighted by molar-refractivity contribution is 0.185. The van der Waals surface area contributed by atoms with Gasteiger partial charge >= 0.3 is 6.01 Å². The molecule has 0 aliphatic carbocycles. The fourth-order valence-corrected chi connectivity index (χ4v) is 11.3. The van der Waals surface area contributed by atoms with Gasteiger partial charge in [0.05, 0.1) is 11.6 Å². The molecule has 4 fully saturated rings. The van der Waals surface area contributed by atoms with Crippen LogP contribution in [0.5, 0.6) is 11.8 Å². The number of piperazine rings is 1. The highest BCUT2D eigenvalue weighted by atomic mass is 35.5. The lowest BCUT2D eigenvalue weighted by Crippen LogP contribution is -2.51. The molecule has 5 heterocycles. The van der Waals surface area contributed by atoms with Crippen LogP contribution in [0.4, 0.5) is 14.6 Å². The van der Waals surface area contributed by atoms with Gasteiger partial charge in [-0.1, -0.05) is 24.6 Å². The highest BCUT2D eigenvalue weighted by Crippen LogP contribution is 2.44. The summed E-state index contributed by atoms with van der Waals surface area (Å²) in [5, 5.41) is 16.0. The molecular formula is C36H41ClF2N6O3S. The zero-order chi connectivity index (χ0) is 34.0. The first kappa shape index (κ1) is 32.9. The van der Waals surface area contributed by atoms with Crippen molar-refractivity contribution in [1.82, 2.24) is 20.2 Å². The lowest BCUT2D eigenvalue weighted by atomic mass is 9.92. The van der Waals surface area contributed by atoms with Gasteiger partial charge in [-0.05, 0) is 84.7 Å². The molecule has 8 rings (SSSR count). The molecule has 4 atom stereocenters. The van der Waals surface area contributed by atoms with Crippen molar-refractivity contribution in [2.45, 2.75) is 69.6 Å². The molecule has 0 radical (unpaired) electrons. The van der Waals surface area contributed by atoms with Gasteiger partial charge in [0.25, 0.3) is 0 Å². The molecule has 13 heteroatoms. The summed E-state index contributed by atoms with van der Waals surface area (Å²) >= 11 is 6.92. The molecule has 9 nitrogen and oxygen atoms in total. The van der Waals surface area contributed by atoms with Gasteiger partial charge in [0.15, 0.2) is 5.82 Å². The Morgan fingerprint density at radius 1 is 1.08 bits per heavy atom. The number of aromatic nitrogens is 2. The highest BCUT2D eigenvalue weighted by molar-refractivity contribution is 7.93. The second-order valence-corrected chi connectivity index (χ2v) is 16.9. The Morgan fingerprint density at radius 2 is 1.82 bits per heavy atom. The molecular weight excluding hydrogens is 670 g/mol. The summed E-state index contributed by atoms with van der Waals surface area (Å²) in [6.45, 7) is 4.39. The van der Waals surface area contributed by atoms with Gasteiger partial charge in [0.1, 0.15) is 22.9 Å². The van der Waals surface area contributed by atoms with E-state index in [-0.39, 0.29) is 39.9 Å². The third-order valence-corrected chi connectivity index (χ3v) is 13.7. The average Bonchev–Trinajstić information content (AvgIpc) is 3.55. The van der Waals surface area contributed by atoms with E-state index in [1.807, 2.05) is 6.92 Å². The number of anilines is 1. The van der Waals surface area contributed by atoms with E-state index in [2.05, 4.69) is 24.5 Å². The molecule has 260 valence electrons. The van der Waals surface area contributed by atoms with Gasteiger partial charge in [0, 0.05) is 83.0 Å². The van der Waals surface area contributed by atoms with Crippen LogP contribution in [0.2, 0.25) is 5.02 Å². The van der Waals surface area contributed by atoms with E-state index in [0.717, 1.165) is 32.2 Å². The van der Waals surface area contributed by atoms with Crippen molar-refractivity contribution in [3.8, 4) is 22.9 Å². The molecule has 4 aromatic rings. The highest BCUT2D eigenvalue weighted by Gasteiger charge is 2.41. The lowest BCUT2D eigenvalue weighted by Gasteiger charge is -2.36. The van der Waals surface area contributed by atoms with Crippen molar-refractivity contribution < 1.29 is 22.8 Å². The topological polar surface area (TPSA) is 103 Å². The number of nitrogens with one attached hydrogen (secondary N) is 1. The second kappa shape index (κ2) is 12.8. The summed E-state index contributed by atoms with van der Waals surface area (Å²) in [4.78, 5) is 14.1. The van der Waals surface area contributed by atoms with Gasteiger partial charge < -0.3 is 20.1 Å². The predicted octanol–water partition coefficient (Wildman–Crippen LogP) is 6.30. The Hall–Kier alpha value is -3.32. The maximum absolute atomic E-state index is 17.0. The predicted molar refractivity (Wildman–Crippen MR) is 190 cm³/mol. The molecule has 0 spiro atoms. The van der Waals surface area contributed by atoms with Crippen LogP contribution in [-0.2, 0) is 16.1 Å². The maximum Gasteiger partial charge on any atom is 0.319 e. The first-order chi connectivity index (χ1) is 23.6. The first-order valence-corrected chi connectivity index (χ1v) is 19.5. The molecule has 4 unspecified atom stereocenters. The number of hydrogen-bond acceptors (Lipinski definition) is 9. The van der Waals surface area contributed by atoms with Crippen LogP contribution in [0.3, 0.4) is 0 Å². The molecule has 2 N–H and O–H groups in total. The fraction of sp³-hybridized carbons (Fsp3) is 0.500. The molecule has 4 aliphatic rings. The van der Waals surface area contributed by atoms with E-state index in [1.54, 1.807) is 25.2 Å². The number of rotatable bonds is 8. The van der Waals surface area contributed by atoms with Crippen molar-refractivity contribution in [3.05, 3.63) is 52.6 Å². The SMILES string of the molecule is CCc1c(F)ccc2cc(O)cc(-c3c(Cl)cc4c(N5CC6CCC(C5)N6)nc(OCCCN5C6CCC5CS(=O)(=NC)C6)nc4c3F)c12. The number of phenols is 1. The molecule has 1 aromatic heterocycles. The zero-order valence-electron chi connectivity index (χ0n) is 27.7. The standard InChI is InChI=1S/C36H41ClF2N6O3S/c1-3-26-30(38)10-5-20-13-25(46)14-27(31(20)26)32-29(37)15-28-34(33(32)39)42-36(43-35(28)44-16-21-6-7-22(17-44)41-21)48-12-4-11-45-23-8-9-24(45)19-49(47,18-23)40-2/h5,10,13-15,21-24,41,46H,3-4,6-9,11-12,16-19H2,1-2H3. The minimum Gasteiger partial charge on any atom is -0.508 e. The maximum atomic E-state index is 17.0. The summed E-state index contributed by atoms with van der Waals surface area (Å²) in [6.07, 6.45) is 5.27. The van der Waals surface area contributed by atoms with Crippen LogP contribution in [0.25, 0.3) is 32.8 Å². The molecule has 49 heavy (non-hydrogen) atoms. The summed E-state index contributed by atoms with van der Waals surface area (Å²) in [6, 6.07) is 8.85. The number of aryl methyl sites for hydroxylation is 1. The second-order valence-electron chi connectivity index (χ2n) is 13.9. The Balaban J connectivity index is 1.16. The van der Waals surface area contributed by atoms with Crippen LogP contribution < -0.4 is 15.0 Å². The summed E-state index contributed by atoms with van der Waals surface area (Å²) < 4.78 is 55.5. The molecule has 4 aliphatic heterocycles. The normalized spacial score (nSPS) is 26.6. The monoisotopic (exact) mass is 710 g/mol. The number of fused-ring (bicyclic) bond motifs is 6. The number of nitrogens with zero attached hydrogens (tertiary/aromatic N) is 5. The number of halogens is 3. The number of phenolic OH excluding ortho intramolecular Hbond substituents is 1. The fourth-order valence-electron chi connectivity index (χ4n) is 8.69. The third kappa shape index (κ3) is 5.88. The number of hydrogen-bond donors (Lipinski definition) is 2. The zero-order valence-corrected chi connectivity index (χ0v) is 29.3. The van der Waals surface area contributed by atoms with Crippen molar-refractivity contribution in [2.75, 3.05) is 49.7 Å². The van der Waals surface area contributed by atoms with E-state index in [0.29, 0.717) is 89.2 Å². The van der Waals surface area contributed by atoms with Crippen LogP contribution in [-0.4, -0.2) is 93.1 Å². The van der Waals surface area contributed by atoms with E-state index in [1.165, 1.54) is 12.1 Å². The van der Waals surface area contributed by atoms with Crippen molar-refractivity contribution >= 4 is 48.8 Å². The summed E-state index contributed by atoms with van der Waals surface area (Å²) in [5.74, 6) is 0.648. The largest absolute Gasteiger partial charge is 0.508 e. The average molecular weight is 711 g/mol. The number of aromatic hydroxyl groups is 1. The Bertz CT molecular complexity index is 2060. The van der Waals surface area contributed by atoms with E-state index >= 15 is 8.78 Å². The first-order valence-electron chi connectivity index (χ1n) is 17.3. The van der Waals surface area contributed by atoms with E-state index in [9.17, 15) is 9.32 Å². The van der Waals surface area contributed by atoms with Crippen molar-refractivity contribution in [2.24, 2.45) is 4.36 Å². The van der Waals surface area contributed by atoms with Crippen molar-refractivity contribution in [1.29, 1.82) is 0 Å². The van der Waals surface area contributed by atoms with Crippen molar-refractivity contribution in [3.63, 3.8) is 0 Å². The van der Waals surface area contributed by atoms with Gasteiger partial charge in [0.2, 0.25) is 0 Å². The Kier molecular flexibility index (Phi) is 8.57. The Labute approximate surface area is 290 Å². The number of ether oxygens (including phenoxy) is 1. The van der Waals surface area contributed by atoms with Gasteiger partial charge in [-0.15, -0.1) is 0 Å². The molecule has 3 aromatic carbocycles. The minimum atomic E-state index is -2.12. The van der Waals surface area contributed by atoms with E-state index < -0.39 is 21.4 Å². The van der Waals surface area contributed by atoms with Gasteiger partial charge in [-0.2, -0.15) is 9.97 Å². The quantitative estimate of drug-likeness (QED) is 0.206. The molecule has 0 amide bonds. The summed E-state index contributed by atoms with van der Waals surface area (Å²) in [7, 11) is -0.448. The van der Waals surface area contributed by atoms with Crippen LogP contribution in [0, 0.1) is 11.6 Å². The van der Waals surface area contributed by atoms with Crippen LogP contribution in [0.1, 0.15) is 44.6 Å². The van der Waals surface area contributed by atoms with E-state index in [4.69, 9.17) is 21.3 Å². The molecule has 4 saturated heterocycles. The third-order valence-electron chi connectivity index (χ3n) is 10.9. The van der Waals surface area contributed by atoms with Gasteiger partial charge in [-0.25, -0.2) is 17.4 Å². The Morgan fingerprint density at radius 3 is 2.51 bits per heavy atom. The minimum absolute atomic E-state index is 0.0438. The molecule has 4 bridgehead atoms.